The van der Waals surface area contributed by atoms with Gasteiger partial charge >= 0.3 is 5.97 Å². The number of hydrogen-bond donors (Lipinski definition) is 2. The van der Waals surface area contributed by atoms with Gasteiger partial charge in [0.2, 0.25) is 0 Å². The van der Waals surface area contributed by atoms with Gasteiger partial charge in [-0.15, -0.1) is 0 Å². The second-order valence-electron chi connectivity index (χ2n) is 5.28. The van der Waals surface area contributed by atoms with Crippen LogP contribution in [0, 0.1) is 5.92 Å². The van der Waals surface area contributed by atoms with Gasteiger partial charge in [0.25, 0.3) is 0 Å². The number of nitrogens with zero attached hydrogens (tertiary/aromatic N) is 1. The Morgan fingerprint density at radius 2 is 2.25 bits per heavy atom. The van der Waals surface area contributed by atoms with E-state index in [4.69, 9.17) is 9.84 Å². The quantitative estimate of drug-likeness (QED) is 0.884. The predicted molar refractivity (Wildman–Crippen MR) is 75.0 cm³/mol. The summed E-state index contributed by atoms with van der Waals surface area (Å²) in [5.41, 5.74) is 1.02. The highest BCUT2D eigenvalue weighted by atomic mass is 16.5. The molecule has 1 fully saturated rings. The number of aromatic hydroxyl groups is 1. The van der Waals surface area contributed by atoms with Crippen molar-refractivity contribution in [3.05, 3.63) is 23.8 Å². The number of phenols is 1. The second-order valence-corrected chi connectivity index (χ2v) is 5.28. The lowest BCUT2D eigenvalue weighted by Crippen LogP contribution is -2.40. The van der Waals surface area contributed by atoms with Crippen LogP contribution < -0.4 is 4.74 Å². The molecule has 0 amide bonds. The van der Waals surface area contributed by atoms with Gasteiger partial charge in [-0.3, -0.25) is 9.69 Å². The number of carbonyl (C=O) groups is 1. The third-order valence-electron chi connectivity index (χ3n) is 4.04. The van der Waals surface area contributed by atoms with E-state index < -0.39 is 5.97 Å². The van der Waals surface area contributed by atoms with Crippen molar-refractivity contribution in [1.82, 2.24) is 4.90 Å². The Kier molecular flexibility index (Phi) is 4.49. The maximum absolute atomic E-state index is 11.1. The third kappa shape index (κ3) is 3.04. The molecule has 0 bridgehead atoms. The molecule has 110 valence electrons. The van der Waals surface area contributed by atoms with Crippen LogP contribution in [0.4, 0.5) is 0 Å². The smallest absolute Gasteiger partial charge is 0.307 e. The molecule has 0 radical (unpaired) electrons. The molecule has 0 aliphatic carbocycles. The van der Waals surface area contributed by atoms with Gasteiger partial charge in [0, 0.05) is 12.6 Å². The summed E-state index contributed by atoms with van der Waals surface area (Å²) < 4.78 is 5.12. The standard InChI is InChI=1S/C15H21NO4/c1-10(11-5-6-13(17)14(8-11)20-2)16-7-3-4-12(9-16)15(18)19/h5-6,8,10,12,17H,3-4,7,9H2,1-2H3,(H,18,19). The zero-order chi connectivity index (χ0) is 14.7. The summed E-state index contributed by atoms with van der Waals surface area (Å²) in [6.07, 6.45) is 1.65. The van der Waals surface area contributed by atoms with Crippen LogP contribution in [0.2, 0.25) is 0 Å². The van der Waals surface area contributed by atoms with Crippen molar-refractivity contribution in [2.45, 2.75) is 25.8 Å². The summed E-state index contributed by atoms with van der Waals surface area (Å²) in [5.74, 6) is -0.443. The molecular weight excluding hydrogens is 258 g/mol. The Balaban J connectivity index is 2.14. The molecule has 1 aliphatic rings. The van der Waals surface area contributed by atoms with Gasteiger partial charge in [0.15, 0.2) is 11.5 Å². The summed E-state index contributed by atoms with van der Waals surface area (Å²) >= 11 is 0. The molecule has 5 nitrogen and oxygen atoms in total. The maximum Gasteiger partial charge on any atom is 0.307 e. The Hall–Kier alpha value is -1.75. The molecule has 1 aliphatic heterocycles. The molecule has 1 aromatic carbocycles. The number of ether oxygens (including phenoxy) is 1. The molecule has 1 aromatic rings. The van der Waals surface area contributed by atoms with E-state index in [1.54, 1.807) is 6.07 Å². The number of carboxylic acid groups (broad SMARTS) is 1. The predicted octanol–water partition coefficient (Wildman–Crippen LogP) is 2.26. The largest absolute Gasteiger partial charge is 0.504 e. The Labute approximate surface area is 118 Å². The summed E-state index contributed by atoms with van der Waals surface area (Å²) in [6, 6.07) is 5.38. The van der Waals surface area contributed by atoms with E-state index in [1.807, 2.05) is 12.1 Å². The molecule has 1 saturated heterocycles. The van der Waals surface area contributed by atoms with Gasteiger partial charge in [-0.2, -0.15) is 0 Å². The van der Waals surface area contributed by atoms with Gasteiger partial charge in [0.1, 0.15) is 0 Å². The molecule has 0 aromatic heterocycles. The van der Waals surface area contributed by atoms with Crippen LogP contribution in [-0.2, 0) is 4.79 Å². The van der Waals surface area contributed by atoms with Gasteiger partial charge in [-0.05, 0) is 44.0 Å². The lowest BCUT2D eigenvalue weighted by molar-refractivity contribution is -0.143. The van der Waals surface area contributed by atoms with E-state index in [2.05, 4.69) is 11.8 Å². The number of benzene rings is 1. The lowest BCUT2D eigenvalue weighted by atomic mass is 9.95. The van der Waals surface area contributed by atoms with Gasteiger partial charge < -0.3 is 14.9 Å². The molecule has 2 atom stereocenters. The minimum atomic E-state index is -0.717. The van der Waals surface area contributed by atoms with Crippen molar-refractivity contribution in [1.29, 1.82) is 0 Å². The summed E-state index contributed by atoms with van der Waals surface area (Å²) in [5, 5.41) is 18.8. The first-order valence-electron chi connectivity index (χ1n) is 6.86. The Morgan fingerprint density at radius 1 is 1.50 bits per heavy atom. The normalized spacial score (nSPS) is 21.4. The van der Waals surface area contributed by atoms with Crippen molar-refractivity contribution < 1.29 is 19.7 Å². The Bertz CT molecular complexity index is 489. The molecule has 2 unspecified atom stereocenters. The van der Waals surface area contributed by atoms with E-state index in [-0.39, 0.29) is 17.7 Å². The van der Waals surface area contributed by atoms with Crippen LogP contribution in [0.25, 0.3) is 0 Å². The van der Waals surface area contributed by atoms with Crippen molar-refractivity contribution >= 4 is 5.97 Å². The van der Waals surface area contributed by atoms with Crippen LogP contribution in [0.15, 0.2) is 18.2 Å². The number of hydrogen-bond acceptors (Lipinski definition) is 4. The Morgan fingerprint density at radius 3 is 2.90 bits per heavy atom. The molecule has 20 heavy (non-hydrogen) atoms. The van der Waals surface area contributed by atoms with E-state index in [9.17, 15) is 9.90 Å². The summed E-state index contributed by atoms with van der Waals surface area (Å²) in [6.45, 7) is 3.52. The maximum atomic E-state index is 11.1. The average molecular weight is 279 g/mol. The number of piperidine rings is 1. The first-order chi connectivity index (χ1) is 9.52. The molecular formula is C15H21NO4. The fourth-order valence-corrected chi connectivity index (χ4v) is 2.72. The second kappa shape index (κ2) is 6.13. The summed E-state index contributed by atoms with van der Waals surface area (Å²) in [4.78, 5) is 13.3. The number of rotatable bonds is 4. The van der Waals surface area contributed by atoms with Gasteiger partial charge in [-0.25, -0.2) is 0 Å². The topological polar surface area (TPSA) is 70.0 Å². The van der Waals surface area contributed by atoms with E-state index in [0.29, 0.717) is 12.3 Å². The zero-order valence-electron chi connectivity index (χ0n) is 11.9. The van der Waals surface area contributed by atoms with E-state index >= 15 is 0 Å². The SMILES string of the molecule is COc1cc(C(C)N2CCCC(C(=O)O)C2)ccc1O. The van der Waals surface area contributed by atoms with E-state index in [0.717, 1.165) is 24.9 Å². The van der Waals surface area contributed by atoms with E-state index in [1.165, 1.54) is 7.11 Å². The molecule has 2 rings (SSSR count). The highest BCUT2D eigenvalue weighted by Gasteiger charge is 2.28. The number of phenolic OH excluding ortho intramolecular Hbond substituents is 1. The molecule has 2 N–H and O–H groups in total. The minimum absolute atomic E-state index is 0.103. The highest BCUT2D eigenvalue weighted by molar-refractivity contribution is 5.70. The van der Waals surface area contributed by atoms with Crippen LogP contribution in [0.5, 0.6) is 11.5 Å². The lowest BCUT2D eigenvalue weighted by Gasteiger charge is -2.35. The van der Waals surface area contributed by atoms with Crippen molar-refractivity contribution in [3.8, 4) is 11.5 Å². The third-order valence-corrected chi connectivity index (χ3v) is 4.04. The molecule has 0 saturated carbocycles. The highest BCUT2D eigenvalue weighted by Crippen LogP contribution is 2.32. The van der Waals surface area contributed by atoms with Gasteiger partial charge in [-0.1, -0.05) is 6.07 Å². The molecule has 0 spiro atoms. The van der Waals surface area contributed by atoms with Crippen molar-refractivity contribution in [2.75, 3.05) is 20.2 Å². The first kappa shape index (κ1) is 14.7. The molecule has 5 heteroatoms. The molecule has 1 heterocycles. The minimum Gasteiger partial charge on any atom is -0.504 e. The number of carboxylic acids is 1. The van der Waals surface area contributed by atoms with Crippen LogP contribution in [0.3, 0.4) is 0 Å². The van der Waals surface area contributed by atoms with Crippen LogP contribution in [-0.4, -0.2) is 41.3 Å². The zero-order valence-corrected chi connectivity index (χ0v) is 11.9. The van der Waals surface area contributed by atoms with Crippen molar-refractivity contribution in [3.63, 3.8) is 0 Å². The average Bonchev–Trinajstić information content (AvgIpc) is 2.47. The number of likely N-dealkylation sites (tertiary alicyclic amines) is 1. The number of methoxy groups -OCH3 is 1. The fourth-order valence-electron chi connectivity index (χ4n) is 2.72. The fraction of sp³-hybridized carbons (Fsp3) is 0.533. The number of aliphatic carboxylic acids is 1. The first-order valence-corrected chi connectivity index (χ1v) is 6.86. The monoisotopic (exact) mass is 279 g/mol. The van der Waals surface area contributed by atoms with Gasteiger partial charge in [0.05, 0.1) is 13.0 Å². The van der Waals surface area contributed by atoms with Crippen LogP contribution >= 0.6 is 0 Å². The summed E-state index contributed by atoms with van der Waals surface area (Å²) in [7, 11) is 1.52. The van der Waals surface area contributed by atoms with Crippen molar-refractivity contribution in [2.24, 2.45) is 5.92 Å². The van der Waals surface area contributed by atoms with Crippen LogP contribution in [0.1, 0.15) is 31.4 Å².